The highest BCUT2D eigenvalue weighted by Gasteiger charge is 2.40. The van der Waals surface area contributed by atoms with Gasteiger partial charge in [-0.3, -0.25) is 9.69 Å². The standard InChI is InChI=1S/C21H25BrF3N5O3/c1-12(2)17(28-20(32)33)19(31)30-8-7-29(11-21(23,24)25)10-16(30)18-26-9-15(27-18)13-3-5-14(22)6-4-13/h3-6,9,12,16-17,28H,7-8,10-11H2,1-2H3,(H,26,27)(H,32,33). The number of amides is 2. The number of alkyl halides is 3. The van der Waals surface area contributed by atoms with Gasteiger partial charge in [0.1, 0.15) is 17.9 Å². The molecule has 180 valence electrons. The van der Waals surface area contributed by atoms with Gasteiger partial charge in [-0.05, 0) is 23.6 Å². The number of H-pyrrole nitrogens is 1. The number of piperazine rings is 1. The summed E-state index contributed by atoms with van der Waals surface area (Å²) >= 11 is 3.37. The van der Waals surface area contributed by atoms with Gasteiger partial charge in [0.2, 0.25) is 5.91 Å². The third kappa shape index (κ3) is 6.47. The van der Waals surface area contributed by atoms with Gasteiger partial charge in [0, 0.05) is 24.1 Å². The molecule has 2 unspecified atom stereocenters. The normalized spacial score (nSPS) is 18.4. The number of rotatable bonds is 6. The molecule has 0 aliphatic carbocycles. The molecule has 3 N–H and O–H groups in total. The van der Waals surface area contributed by atoms with Crippen LogP contribution in [-0.4, -0.2) is 75.3 Å². The van der Waals surface area contributed by atoms with Gasteiger partial charge in [-0.2, -0.15) is 13.2 Å². The molecule has 2 amide bonds. The van der Waals surface area contributed by atoms with Gasteiger partial charge in [0.15, 0.2) is 0 Å². The van der Waals surface area contributed by atoms with Crippen LogP contribution in [0.1, 0.15) is 25.7 Å². The maximum Gasteiger partial charge on any atom is 0.405 e. The van der Waals surface area contributed by atoms with Gasteiger partial charge in [0.05, 0.1) is 18.4 Å². The monoisotopic (exact) mass is 531 g/mol. The maximum absolute atomic E-state index is 13.3. The van der Waals surface area contributed by atoms with Gasteiger partial charge in [0.25, 0.3) is 0 Å². The van der Waals surface area contributed by atoms with E-state index in [1.807, 2.05) is 24.3 Å². The van der Waals surface area contributed by atoms with Crippen LogP contribution in [0.5, 0.6) is 0 Å². The third-order valence-corrected chi connectivity index (χ3v) is 5.96. The Balaban J connectivity index is 1.91. The average molecular weight is 532 g/mol. The van der Waals surface area contributed by atoms with E-state index in [0.29, 0.717) is 11.5 Å². The summed E-state index contributed by atoms with van der Waals surface area (Å²) in [5, 5.41) is 11.4. The van der Waals surface area contributed by atoms with E-state index in [2.05, 4.69) is 31.2 Å². The van der Waals surface area contributed by atoms with Crippen molar-refractivity contribution in [3.05, 3.63) is 40.8 Å². The molecular weight excluding hydrogens is 507 g/mol. The molecule has 0 radical (unpaired) electrons. The Morgan fingerprint density at radius 2 is 1.94 bits per heavy atom. The SMILES string of the molecule is CC(C)C(NC(=O)O)C(=O)N1CCN(CC(F)(F)F)CC1c1ncc(-c2ccc(Br)cc2)[nH]1. The van der Waals surface area contributed by atoms with Crippen molar-refractivity contribution >= 4 is 27.9 Å². The summed E-state index contributed by atoms with van der Waals surface area (Å²) in [7, 11) is 0. The molecule has 1 aromatic heterocycles. The van der Waals surface area contributed by atoms with Crippen molar-refractivity contribution in [3.63, 3.8) is 0 Å². The van der Waals surface area contributed by atoms with Crippen LogP contribution in [-0.2, 0) is 4.79 Å². The fourth-order valence-corrected chi connectivity index (χ4v) is 4.11. The van der Waals surface area contributed by atoms with E-state index in [1.165, 1.54) is 9.80 Å². The van der Waals surface area contributed by atoms with Crippen molar-refractivity contribution in [2.45, 2.75) is 32.1 Å². The van der Waals surface area contributed by atoms with E-state index in [-0.39, 0.29) is 25.6 Å². The summed E-state index contributed by atoms with van der Waals surface area (Å²) in [6.45, 7) is 2.24. The zero-order chi connectivity index (χ0) is 24.3. The number of carbonyl (C=O) groups excluding carboxylic acids is 1. The van der Waals surface area contributed by atoms with Crippen LogP contribution in [0.3, 0.4) is 0 Å². The summed E-state index contributed by atoms with van der Waals surface area (Å²) in [4.78, 5) is 34.6. The van der Waals surface area contributed by atoms with E-state index >= 15 is 0 Å². The lowest BCUT2D eigenvalue weighted by atomic mass is 10.0. The number of carbonyl (C=O) groups is 2. The van der Waals surface area contributed by atoms with Gasteiger partial charge >= 0.3 is 12.3 Å². The molecule has 1 fully saturated rings. The van der Waals surface area contributed by atoms with Crippen molar-refractivity contribution in [1.82, 2.24) is 25.1 Å². The molecule has 0 saturated carbocycles. The van der Waals surface area contributed by atoms with Crippen LogP contribution >= 0.6 is 15.9 Å². The Hall–Kier alpha value is -2.60. The lowest BCUT2D eigenvalue weighted by molar-refractivity contribution is -0.157. The molecule has 2 aromatic rings. The van der Waals surface area contributed by atoms with E-state index in [4.69, 9.17) is 5.11 Å². The molecule has 1 aliphatic rings. The Kier molecular flexibility index (Phi) is 7.68. The van der Waals surface area contributed by atoms with Crippen LogP contribution in [0.25, 0.3) is 11.3 Å². The maximum atomic E-state index is 13.3. The minimum absolute atomic E-state index is 0.0123. The molecule has 12 heteroatoms. The number of nitrogens with one attached hydrogen (secondary N) is 2. The first kappa shape index (κ1) is 25.0. The van der Waals surface area contributed by atoms with Crippen molar-refractivity contribution < 1.29 is 27.9 Å². The van der Waals surface area contributed by atoms with Gasteiger partial charge in [-0.15, -0.1) is 0 Å². The first-order chi connectivity index (χ1) is 15.4. The van der Waals surface area contributed by atoms with Crippen molar-refractivity contribution in [3.8, 4) is 11.3 Å². The molecule has 1 aliphatic heterocycles. The predicted octanol–water partition coefficient (Wildman–Crippen LogP) is 3.88. The second kappa shape index (κ2) is 10.1. The highest BCUT2D eigenvalue weighted by Crippen LogP contribution is 2.29. The molecule has 3 rings (SSSR count). The molecule has 1 saturated heterocycles. The quantitative estimate of drug-likeness (QED) is 0.525. The Morgan fingerprint density at radius 3 is 2.52 bits per heavy atom. The molecule has 1 aromatic carbocycles. The van der Waals surface area contributed by atoms with E-state index in [0.717, 1.165) is 10.0 Å². The Bertz CT molecular complexity index is 980. The number of halogens is 4. The van der Waals surface area contributed by atoms with Gasteiger partial charge in [-0.25, -0.2) is 9.78 Å². The molecule has 2 atom stereocenters. The highest BCUT2D eigenvalue weighted by molar-refractivity contribution is 9.10. The Labute approximate surface area is 197 Å². The molecule has 0 spiro atoms. The second-order valence-corrected chi connectivity index (χ2v) is 9.17. The van der Waals surface area contributed by atoms with Crippen LogP contribution in [0.4, 0.5) is 18.0 Å². The second-order valence-electron chi connectivity index (χ2n) is 8.26. The zero-order valence-corrected chi connectivity index (χ0v) is 19.7. The van der Waals surface area contributed by atoms with Crippen molar-refractivity contribution in [2.75, 3.05) is 26.2 Å². The Morgan fingerprint density at radius 1 is 1.27 bits per heavy atom. The van der Waals surface area contributed by atoms with Gasteiger partial charge in [-0.1, -0.05) is 41.9 Å². The predicted molar refractivity (Wildman–Crippen MR) is 118 cm³/mol. The van der Waals surface area contributed by atoms with Crippen LogP contribution < -0.4 is 5.32 Å². The van der Waals surface area contributed by atoms with Crippen LogP contribution in [0, 0.1) is 5.92 Å². The van der Waals surface area contributed by atoms with Crippen LogP contribution in [0.15, 0.2) is 34.9 Å². The van der Waals surface area contributed by atoms with Crippen molar-refractivity contribution in [2.24, 2.45) is 5.92 Å². The topological polar surface area (TPSA) is 102 Å². The van der Waals surface area contributed by atoms with E-state index in [9.17, 15) is 22.8 Å². The first-order valence-electron chi connectivity index (χ1n) is 10.3. The summed E-state index contributed by atoms with van der Waals surface area (Å²) < 4.78 is 40.0. The highest BCUT2D eigenvalue weighted by atomic mass is 79.9. The number of benzene rings is 1. The van der Waals surface area contributed by atoms with E-state index < -0.39 is 36.8 Å². The minimum atomic E-state index is -4.38. The number of aromatic nitrogens is 2. The summed E-state index contributed by atoms with van der Waals surface area (Å²) in [5.74, 6) is -0.506. The molecule has 0 bridgehead atoms. The number of hydrogen-bond donors (Lipinski definition) is 3. The third-order valence-electron chi connectivity index (χ3n) is 5.43. The lowest BCUT2D eigenvalue weighted by Crippen LogP contribution is -2.58. The average Bonchev–Trinajstić information content (AvgIpc) is 3.20. The first-order valence-corrected chi connectivity index (χ1v) is 11.1. The smallest absolute Gasteiger partial charge is 0.405 e. The molecular formula is C21H25BrF3N5O3. The van der Waals surface area contributed by atoms with Crippen LogP contribution in [0.2, 0.25) is 0 Å². The molecule has 33 heavy (non-hydrogen) atoms. The number of imidazole rings is 1. The summed E-state index contributed by atoms with van der Waals surface area (Å²) in [5.41, 5.74) is 1.48. The summed E-state index contributed by atoms with van der Waals surface area (Å²) in [6, 6.07) is 5.58. The van der Waals surface area contributed by atoms with E-state index in [1.54, 1.807) is 20.0 Å². The fraction of sp³-hybridized carbons (Fsp3) is 0.476. The number of nitrogens with zero attached hydrogens (tertiary/aromatic N) is 3. The molecule has 2 heterocycles. The minimum Gasteiger partial charge on any atom is -0.465 e. The number of aromatic amines is 1. The fourth-order valence-electron chi connectivity index (χ4n) is 3.84. The number of hydrogen-bond acceptors (Lipinski definition) is 4. The largest absolute Gasteiger partial charge is 0.465 e. The van der Waals surface area contributed by atoms with Gasteiger partial charge < -0.3 is 20.3 Å². The van der Waals surface area contributed by atoms with Crippen molar-refractivity contribution in [1.29, 1.82) is 0 Å². The molecule has 8 nitrogen and oxygen atoms in total. The zero-order valence-electron chi connectivity index (χ0n) is 18.1. The summed E-state index contributed by atoms with van der Waals surface area (Å²) in [6.07, 6.45) is -4.16. The lowest BCUT2D eigenvalue weighted by Gasteiger charge is -2.42. The number of carboxylic acid groups (broad SMARTS) is 1.